The summed E-state index contributed by atoms with van der Waals surface area (Å²) in [5, 5.41) is 0. The van der Waals surface area contributed by atoms with Gasteiger partial charge in [0.1, 0.15) is 5.75 Å². The molecule has 0 spiro atoms. The highest BCUT2D eigenvalue weighted by Crippen LogP contribution is 2.29. The minimum Gasteiger partial charge on any atom is -0.436 e. The summed E-state index contributed by atoms with van der Waals surface area (Å²) < 4.78 is 19.5. The van der Waals surface area contributed by atoms with E-state index in [2.05, 4.69) is 4.98 Å². The predicted molar refractivity (Wildman–Crippen MR) is 70.6 cm³/mol. The summed E-state index contributed by atoms with van der Waals surface area (Å²) >= 11 is 0. The van der Waals surface area contributed by atoms with Gasteiger partial charge in [-0.3, -0.25) is 0 Å². The fourth-order valence-corrected chi connectivity index (χ4v) is 2.41. The van der Waals surface area contributed by atoms with Crippen molar-refractivity contribution in [2.75, 3.05) is 0 Å². The molecule has 0 unspecified atom stereocenters. The van der Waals surface area contributed by atoms with Gasteiger partial charge in [-0.1, -0.05) is 6.07 Å². The third-order valence-corrected chi connectivity index (χ3v) is 3.44. The van der Waals surface area contributed by atoms with Crippen LogP contribution in [-0.2, 0) is 19.4 Å². The molecule has 1 aliphatic rings. The average Bonchev–Trinajstić information content (AvgIpc) is 2.88. The van der Waals surface area contributed by atoms with Crippen LogP contribution in [0.1, 0.15) is 23.1 Å². The lowest BCUT2D eigenvalue weighted by atomic mass is 10.1. The second kappa shape index (κ2) is 4.97. The van der Waals surface area contributed by atoms with Gasteiger partial charge in [-0.25, -0.2) is 9.37 Å². The normalized spacial score (nSPS) is 13.4. The molecule has 1 aliphatic carbocycles. The Labute approximate surface area is 111 Å². The second-order valence-electron chi connectivity index (χ2n) is 4.68. The third kappa shape index (κ3) is 2.31. The van der Waals surface area contributed by atoms with Crippen molar-refractivity contribution in [1.82, 2.24) is 4.98 Å². The van der Waals surface area contributed by atoms with Gasteiger partial charge in [0.25, 0.3) is 5.88 Å². The van der Waals surface area contributed by atoms with Gasteiger partial charge in [0.05, 0.1) is 0 Å². The molecule has 98 valence electrons. The van der Waals surface area contributed by atoms with Crippen molar-refractivity contribution in [2.24, 2.45) is 5.73 Å². The standard InChI is InChI=1S/C15H15FN2O/c16-14-12(9-17)6-7-18-15(14)19-13-5-4-10-2-1-3-11(10)8-13/h4-8H,1-3,9,17H2. The fraction of sp³-hybridized carbons (Fsp3) is 0.267. The fourth-order valence-electron chi connectivity index (χ4n) is 2.41. The largest absolute Gasteiger partial charge is 0.436 e. The van der Waals surface area contributed by atoms with Gasteiger partial charge < -0.3 is 10.5 Å². The predicted octanol–water partition coefficient (Wildman–Crippen LogP) is 2.96. The maximum absolute atomic E-state index is 14.0. The van der Waals surface area contributed by atoms with Gasteiger partial charge >= 0.3 is 0 Å². The monoisotopic (exact) mass is 258 g/mol. The van der Waals surface area contributed by atoms with Crippen LogP contribution in [-0.4, -0.2) is 4.98 Å². The summed E-state index contributed by atoms with van der Waals surface area (Å²) in [6, 6.07) is 7.44. The Balaban J connectivity index is 1.89. The van der Waals surface area contributed by atoms with Gasteiger partial charge in [0, 0.05) is 18.3 Å². The zero-order valence-electron chi connectivity index (χ0n) is 10.5. The Kier molecular flexibility index (Phi) is 3.17. The highest BCUT2D eigenvalue weighted by Gasteiger charge is 2.14. The van der Waals surface area contributed by atoms with Gasteiger partial charge in [-0.15, -0.1) is 0 Å². The van der Waals surface area contributed by atoms with Crippen molar-refractivity contribution in [3.05, 3.63) is 53.0 Å². The first kappa shape index (κ1) is 12.1. The van der Waals surface area contributed by atoms with Gasteiger partial charge in [-0.05, 0) is 48.6 Å². The first-order chi connectivity index (χ1) is 9.28. The number of aromatic nitrogens is 1. The second-order valence-corrected chi connectivity index (χ2v) is 4.68. The molecule has 0 fully saturated rings. The van der Waals surface area contributed by atoms with Crippen LogP contribution in [0.2, 0.25) is 0 Å². The summed E-state index contributed by atoms with van der Waals surface area (Å²) in [5.74, 6) is 0.132. The summed E-state index contributed by atoms with van der Waals surface area (Å²) in [7, 11) is 0. The van der Waals surface area contributed by atoms with Gasteiger partial charge in [-0.2, -0.15) is 0 Å². The van der Waals surface area contributed by atoms with Crippen LogP contribution in [0.25, 0.3) is 0 Å². The van der Waals surface area contributed by atoms with Crippen molar-refractivity contribution < 1.29 is 9.13 Å². The van der Waals surface area contributed by atoms with E-state index in [1.165, 1.54) is 23.7 Å². The van der Waals surface area contributed by atoms with Crippen molar-refractivity contribution in [3.8, 4) is 11.6 Å². The van der Waals surface area contributed by atoms with Crippen LogP contribution in [0.3, 0.4) is 0 Å². The number of pyridine rings is 1. The molecule has 0 radical (unpaired) electrons. The zero-order chi connectivity index (χ0) is 13.2. The number of ether oxygens (including phenoxy) is 1. The molecule has 0 saturated carbocycles. The quantitative estimate of drug-likeness (QED) is 0.920. The van der Waals surface area contributed by atoms with E-state index in [0.717, 1.165) is 12.8 Å². The van der Waals surface area contributed by atoms with Crippen LogP contribution in [0.5, 0.6) is 11.6 Å². The number of nitrogens with zero attached hydrogens (tertiary/aromatic N) is 1. The lowest BCUT2D eigenvalue weighted by Gasteiger charge is -2.09. The molecule has 0 aliphatic heterocycles. The average molecular weight is 258 g/mol. The Bertz CT molecular complexity index is 613. The van der Waals surface area contributed by atoms with Crippen molar-refractivity contribution in [1.29, 1.82) is 0 Å². The molecule has 1 aromatic heterocycles. The highest BCUT2D eigenvalue weighted by molar-refractivity contribution is 5.40. The van der Waals surface area contributed by atoms with E-state index in [9.17, 15) is 4.39 Å². The van der Waals surface area contributed by atoms with E-state index in [-0.39, 0.29) is 12.4 Å². The Hall–Kier alpha value is -1.94. The molecule has 19 heavy (non-hydrogen) atoms. The summed E-state index contributed by atoms with van der Waals surface area (Å²) in [6.07, 6.45) is 4.86. The maximum Gasteiger partial charge on any atom is 0.256 e. The SMILES string of the molecule is NCc1ccnc(Oc2ccc3c(c2)CCC3)c1F. The van der Waals surface area contributed by atoms with Crippen LogP contribution < -0.4 is 10.5 Å². The van der Waals surface area contributed by atoms with Crippen LogP contribution in [0.4, 0.5) is 4.39 Å². The van der Waals surface area contributed by atoms with Crippen LogP contribution in [0.15, 0.2) is 30.5 Å². The summed E-state index contributed by atoms with van der Waals surface area (Å²) in [5.41, 5.74) is 8.51. The first-order valence-corrected chi connectivity index (χ1v) is 6.41. The Morgan fingerprint density at radius 1 is 1.21 bits per heavy atom. The lowest BCUT2D eigenvalue weighted by molar-refractivity contribution is 0.418. The van der Waals surface area contributed by atoms with Gasteiger partial charge in [0.15, 0.2) is 5.82 Å². The number of benzene rings is 1. The molecule has 2 aromatic rings. The molecule has 1 heterocycles. The summed E-state index contributed by atoms with van der Waals surface area (Å²) in [6.45, 7) is 0.134. The van der Waals surface area contributed by atoms with E-state index >= 15 is 0 Å². The molecule has 0 bridgehead atoms. The molecule has 0 amide bonds. The highest BCUT2D eigenvalue weighted by atomic mass is 19.1. The smallest absolute Gasteiger partial charge is 0.256 e. The number of nitrogens with two attached hydrogens (primary N) is 1. The molecular weight excluding hydrogens is 243 g/mol. The third-order valence-electron chi connectivity index (χ3n) is 3.44. The Morgan fingerprint density at radius 2 is 2.05 bits per heavy atom. The van der Waals surface area contributed by atoms with Crippen LogP contribution >= 0.6 is 0 Å². The number of hydrogen-bond donors (Lipinski definition) is 1. The zero-order valence-corrected chi connectivity index (χ0v) is 10.5. The molecule has 0 saturated heterocycles. The van der Waals surface area contributed by atoms with E-state index in [1.54, 1.807) is 6.07 Å². The lowest BCUT2D eigenvalue weighted by Crippen LogP contribution is -2.02. The Morgan fingerprint density at radius 3 is 2.89 bits per heavy atom. The molecular formula is C15H15FN2O. The molecule has 4 heteroatoms. The molecule has 2 N–H and O–H groups in total. The maximum atomic E-state index is 14.0. The first-order valence-electron chi connectivity index (χ1n) is 6.41. The minimum atomic E-state index is -0.481. The van der Waals surface area contributed by atoms with Crippen molar-refractivity contribution in [3.63, 3.8) is 0 Å². The van der Waals surface area contributed by atoms with Crippen LogP contribution in [0, 0.1) is 5.82 Å². The van der Waals surface area contributed by atoms with Crippen molar-refractivity contribution >= 4 is 0 Å². The number of aryl methyl sites for hydroxylation is 2. The molecule has 1 aromatic carbocycles. The molecule has 0 atom stereocenters. The minimum absolute atomic E-state index is 0.0131. The van der Waals surface area contributed by atoms with Crippen molar-refractivity contribution in [2.45, 2.75) is 25.8 Å². The summed E-state index contributed by atoms with van der Waals surface area (Å²) in [4.78, 5) is 3.92. The van der Waals surface area contributed by atoms with E-state index in [0.29, 0.717) is 11.3 Å². The topological polar surface area (TPSA) is 48.1 Å². The number of halogens is 1. The number of hydrogen-bond acceptors (Lipinski definition) is 3. The van der Waals surface area contributed by atoms with E-state index in [4.69, 9.17) is 10.5 Å². The molecule has 3 rings (SSSR count). The van der Waals surface area contributed by atoms with E-state index < -0.39 is 5.82 Å². The number of fused-ring (bicyclic) bond motifs is 1. The molecule has 3 nitrogen and oxygen atoms in total. The van der Waals surface area contributed by atoms with E-state index in [1.807, 2.05) is 18.2 Å². The number of rotatable bonds is 3. The van der Waals surface area contributed by atoms with Gasteiger partial charge in [0.2, 0.25) is 0 Å².